The third kappa shape index (κ3) is 3.32. The molecule has 3 N–H and O–H groups in total. The normalized spacial score (nSPS) is 10.4. The number of aryl methyl sites for hydroxylation is 1. The summed E-state index contributed by atoms with van der Waals surface area (Å²) in [6.07, 6.45) is 0. The molecule has 0 saturated heterocycles. The molecule has 6 nitrogen and oxygen atoms in total. The number of pyridine rings is 1. The summed E-state index contributed by atoms with van der Waals surface area (Å²) >= 11 is 0. The maximum absolute atomic E-state index is 9.52. The Balaban J connectivity index is 2.18. The maximum Gasteiger partial charge on any atom is 0.152 e. The molecule has 6 heteroatoms. The van der Waals surface area contributed by atoms with Crippen LogP contribution in [-0.4, -0.2) is 23.3 Å². The van der Waals surface area contributed by atoms with Crippen molar-refractivity contribution in [3.05, 3.63) is 53.8 Å². The number of nitriles is 1. The monoisotopic (exact) mass is 335 g/mol. The average Bonchev–Trinajstić information content (AvgIpc) is 3.06. The molecule has 0 saturated carbocycles. The maximum atomic E-state index is 9.52. The van der Waals surface area contributed by atoms with E-state index in [1.807, 2.05) is 31.2 Å². The first-order valence-corrected chi connectivity index (χ1v) is 7.74. The zero-order chi connectivity index (χ0) is 17.8. The minimum absolute atomic E-state index is 0.102. The fraction of sp³-hybridized carbons (Fsp3) is 0.158. The van der Waals surface area contributed by atoms with E-state index in [-0.39, 0.29) is 24.6 Å². The number of hydrogen-bond acceptors (Lipinski definition) is 6. The van der Waals surface area contributed by atoms with Crippen molar-refractivity contribution in [1.29, 1.82) is 5.26 Å². The van der Waals surface area contributed by atoms with Crippen LogP contribution in [0.3, 0.4) is 0 Å². The van der Waals surface area contributed by atoms with Gasteiger partial charge in [-0.15, -0.1) is 0 Å². The first-order chi connectivity index (χ1) is 12.1. The van der Waals surface area contributed by atoms with E-state index in [1.165, 1.54) is 0 Å². The van der Waals surface area contributed by atoms with Gasteiger partial charge in [-0.25, -0.2) is 4.98 Å². The summed E-state index contributed by atoms with van der Waals surface area (Å²) < 4.78 is 11.2. The van der Waals surface area contributed by atoms with Gasteiger partial charge in [0.05, 0.1) is 6.61 Å². The van der Waals surface area contributed by atoms with Crippen molar-refractivity contribution in [1.82, 2.24) is 4.98 Å². The smallest absolute Gasteiger partial charge is 0.152 e. The van der Waals surface area contributed by atoms with Gasteiger partial charge in [0.25, 0.3) is 0 Å². The van der Waals surface area contributed by atoms with E-state index in [1.54, 1.807) is 18.2 Å². The molecular weight excluding hydrogens is 318 g/mol. The average molecular weight is 335 g/mol. The molecule has 126 valence electrons. The molecule has 0 radical (unpaired) electrons. The van der Waals surface area contributed by atoms with Gasteiger partial charge >= 0.3 is 0 Å². The predicted molar refractivity (Wildman–Crippen MR) is 93.8 cm³/mol. The van der Waals surface area contributed by atoms with Crippen LogP contribution >= 0.6 is 0 Å². The molecule has 3 rings (SSSR count). The molecule has 0 amide bonds. The predicted octanol–water partition coefficient (Wildman–Crippen LogP) is 3.14. The Bertz CT molecular complexity index is 941. The zero-order valence-electron chi connectivity index (χ0n) is 13.7. The molecule has 2 heterocycles. The van der Waals surface area contributed by atoms with E-state index in [2.05, 4.69) is 11.1 Å². The summed E-state index contributed by atoms with van der Waals surface area (Å²) in [6, 6.07) is 14.8. The van der Waals surface area contributed by atoms with Crippen molar-refractivity contribution < 1.29 is 14.3 Å². The molecule has 2 aromatic heterocycles. The molecule has 0 fully saturated rings. The van der Waals surface area contributed by atoms with Crippen LogP contribution in [0, 0.1) is 18.3 Å². The molecule has 0 unspecified atom stereocenters. The Labute approximate surface area is 145 Å². The summed E-state index contributed by atoms with van der Waals surface area (Å²) in [5, 5.41) is 18.5. The second-order valence-electron chi connectivity index (χ2n) is 5.41. The van der Waals surface area contributed by atoms with Gasteiger partial charge in [0.1, 0.15) is 41.3 Å². The third-order valence-electron chi connectivity index (χ3n) is 3.68. The van der Waals surface area contributed by atoms with Crippen molar-refractivity contribution in [3.8, 4) is 34.4 Å². The number of nitrogens with zero attached hydrogens (tertiary/aromatic N) is 2. The van der Waals surface area contributed by atoms with Crippen molar-refractivity contribution in [2.75, 3.05) is 18.9 Å². The van der Waals surface area contributed by atoms with Crippen molar-refractivity contribution in [2.45, 2.75) is 6.92 Å². The van der Waals surface area contributed by atoms with Gasteiger partial charge in [0.15, 0.2) is 5.76 Å². The van der Waals surface area contributed by atoms with E-state index in [4.69, 9.17) is 20.0 Å². The lowest BCUT2D eigenvalue weighted by Gasteiger charge is -2.13. The highest BCUT2D eigenvalue weighted by atomic mass is 16.5. The van der Waals surface area contributed by atoms with Crippen LogP contribution in [0.1, 0.15) is 11.3 Å². The Morgan fingerprint density at radius 2 is 2.04 bits per heavy atom. The largest absolute Gasteiger partial charge is 0.491 e. The second-order valence-corrected chi connectivity index (χ2v) is 5.41. The number of aromatic nitrogens is 1. The van der Waals surface area contributed by atoms with Crippen LogP contribution in [0.5, 0.6) is 5.75 Å². The second kappa shape index (κ2) is 7.07. The number of rotatable bonds is 5. The summed E-state index contributed by atoms with van der Waals surface area (Å²) in [5.41, 5.74) is 8.12. The van der Waals surface area contributed by atoms with Crippen molar-refractivity contribution >= 4 is 5.82 Å². The number of aliphatic hydroxyl groups is 1. The van der Waals surface area contributed by atoms with Gasteiger partial charge < -0.3 is 20.0 Å². The number of nitrogens with two attached hydrogens (primary N) is 1. The molecule has 0 bridgehead atoms. The van der Waals surface area contributed by atoms with Gasteiger partial charge in [-0.3, -0.25) is 0 Å². The lowest BCUT2D eigenvalue weighted by molar-refractivity contribution is 0.202. The lowest BCUT2D eigenvalue weighted by Crippen LogP contribution is -2.04. The molecule has 0 spiro atoms. The van der Waals surface area contributed by atoms with Crippen LogP contribution in [0.2, 0.25) is 0 Å². The van der Waals surface area contributed by atoms with E-state index >= 15 is 0 Å². The Hall–Kier alpha value is -3.30. The number of furan rings is 1. The summed E-state index contributed by atoms with van der Waals surface area (Å²) in [4.78, 5) is 4.29. The molecule has 0 aliphatic rings. The molecule has 1 aromatic carbocycles. The first-order valence-electron chi connectivity index (χ1n) is 7.74. The highest BCUT2D eigenvalue weighted by Crippen LogP contribution is 2.36. The van der Waals surface area contributed by atoms with Crippen LogP contribution in [0.15, 0.2) is 46.9 Å². The fourth-order valence-corrected chi connectivity index (χ4v) is 2.56. The summed E-state index contributed by atoms with van der Waals surface area (Å²) in [7, 11) is 0. The lowest BCUT2D eigenvalue weighted by atomic mass is 9.99. The van der Waals surface area contributed by atoms with Crippen LogP contribution < -0.4 is 10.5 Å². The van der Waals surface area contributed by atoms with E-state index < -0.39 is 0 Å². The Morgan fingerprint density at radius 1 is 1.24 bits per heavy atom. The number of benzene rings is 1. The van der Waals surface area contributed by atoms with Gasteiger partial charge in [-0.2, -0.15) is 5.26 Å². The molecule has 0 aliphatic heterocycles. The molecule has 3 aromatic rings. The number of hydrogen-bond donors (Lipinski definition) is 2. The minimum atomic E-state index is -0.102. The topological polar surface area (TPSA) is 105 Å². The van der Waals surface area contributed by atoms with Crippen LogP contribution in [0.25, 0.3) is 22.6 Å². The minimum Gasteiger partial charge on any atom is -0.491 e. The van der Waals surface area contributed by atoms with Crippen LogP contribution in [-0.2, 0) is 0 Å². The highest BCUT2D eigenvalue weighted by molar-refractivity contribution is 5.82. The van der Waals surface area contributed by atoms with Gasteiger partial charge in [-0.05, 0) is 31.2 Å². The number of anilines is 1. The van der Waals surface area contributed by atoms with E-state index in [9.17, 15) is 5.26 Å². The SMILES string of the molecule is Cc1ccc(-c2cc(-c3ccccc3OCCO)c(C#N)c(N)n2)o1. The van der Waals surface area contributed by atoms with Crippen molar-refractivity contribution in [2.24, 2.45) is 0 Å². The standard InChI is InChI=1S/C19H17N3O3/c1-12-6-7-18(25-12)16-10-14(15(11-20)19(21)22-16)13-4-2-3-5-17(13)24-9-8-23/h2-7,10,23H,8-9H2,1H3,(H2,21,22). The summed E-state index contributed by atoms with van der Waals surface area (Å²) in [6.45, 7) is 1.90. The summed E-state index contributed by atoms with van der Waals surface area (Å²) in [5.74, 6) is 2.01. The Morgan fingerprint density at radius 3 is 2.72 bits per heavy atom. The highest BCUT2D eigenvalue weighted by Gasteiger charge is 2.17. The number of nitrogen functional groups attached to an aromatic ring is 1. The number of aliphatic hydroxyl groups excluding tert-OH is 1. The van der Waals surface area contributed by atoms with Gasteiger partial charge in [0.2, 0.25) is 0 Å². The van der Waals surface area contributed by atoms with E-state index in [0.717, 1.165) is 5.76 Å². The molecule has 25 heavy (non-hydrogen) atoms. The molecule has 0 aliphatic carbocycles. The third-order valence-corrected chi connectivity index (χ3v) is 3.68. The van der Waals surface area contributed by atoms with Gasteiger partial charge in [-0.1, -0.05) is 18.2 Å². The molecular formula is C19H17N3O3. The number of para-hydroxylation sites is 1. The van der Waals surface area contributed by atoms with Crippen LogP contribution in [0.4, 0.5) is 5.82 Å². The fourth-order valence-electron chi connectivity index (χ4n) is 2.56. The Kier molecular flexibility index (Phi) is 4.68. The quantitative estimate of drug-likeness (QED) is 0.742. The van der Waals surface area contributed by atoms with Gasteiger partial charge in [0, 0.05) is 11.1 Å². The van der Waals surface area contributed by atoms with E-state index in [0.29, 0.717) is 28.3 Å². The first kappa shape index (κ1) is 16.6. The zero-order valence-corrected chi connectivity index (χ0v) is 13.7. The number of ether oxygens (including phenoxy) is 1. The molecule has 0 atom stereocenters. The van der Waals surface area contributed by atoms with Crippen molar-refractivity contribution in [3.63, 3.8) is 0 Å².